The van der Waals surface area contributed by atoms with Gasteiger partial charge in [-0.25, -0.2) is 0 Å². The molecule has 0 bridgehead atoms. The highest BCUT2D eigenvalue weighted by molar-refractivity contribution is 5.76. The monoisotopic (exact) mass is 271 g/mol. The number of aliphatic carboxylic acids is 1. The molecule has 1 atom stereocenters. The third-order valence-electron chi connectivity index (χ3n) is 3.56. The molecular formula is C14H25NO4. The van der Waals surface area contributed by atoms with Gasteiger partial charge in [-0.2, -0.15) is 0 Å². The number of ether oxygens (including phenoxy) is 1. The van der Waals surface area contributed by atoms with Crippen LogP contribution in [0.5, 0.6) is 0 Å². The molecule has 0 aliphatic carbocycles. The van der Waals surface area contributed by atoms with Gasteiger partial charge in [0.15, 0.2) is 0 Å². The molecule has 1 fully saturated rings. The fourth-order valence-electron chi connectivity index (χ4n) is 2.55. The summed E-state index contributed by atoms with van der Waals surface area (Å²) in [5, 5.41) is 8.52. The first kappa shape index (κ1) is 16.0. The Balaban J connectivity index is 2.16. The number of carboxylic acid groups (broad SMARTS) is 1. The van der Waals surface area contributed by atoms with Gasteiger partial charge in [0.25, 0.3) is 0 Å². The highest BCUT2D eigenvalue weighted by Gasteiger charge is 2.22. The van der Waals surface area contributed by atoms with E-state index >= 15 is 0 Å². The molecule has 1 rings (SSSR count). The van der Waals surface area contributed by atoms with Crippen molar-refractivity contribution in [1.29, 1.82) is 0 Å². The van der Waals surface area contributed by atoms with Gasteiger partial charge in [-0.1, -0.05) is 6.42 Å². The molecule has 1 amide bonds. The smallest absolute Gasteiger partial charge is 0.303 e. The number of hydrogen-bond donors (Lipinski definition) is 1. The zero-order valence-electron chi connectivity index (χ0n) is 11.8. The summed E-state index contributed by atoms with van der Waals surface area (Å²) in [6.45, 7) is 2.39. The predicted octanol–water partition coefficient (Wildman–Crippen LogP) is 1.91. The van der Waals surface area contributed by atoms with Crippen molar-refractivity contribution in [2.45, 2.75) is 44.9 Å². The van der Waals surface area contributed by atoms with Crippen LogP contribution in [-0.2, 0) is 14.3 Å². The van der Waals surface area contributed by atoms with Crippen molar-refractivity contribution < 1.29 is 19.4 Å². The molecule has 0 radical (unpaired) electrons. The minimum atomic E-state index is -0.759. The van der Waals surface area contributed by atoms with Crippen LogP contribution in [0, 0.1) is 5.92 Å². The molecule has 19 heavy (non-hydrogen) atoms. The quantitative estimate of drug-likeness (QED) is 0.685. The minimum Gasteiger partial charge on any atom is -0.481 e. The van der Waals surface area contributed by atoms with E-state index < -0.39 is 5.97 Å². The summed E-state index contributed by atoms with van der Waals surface area (Å²) in [7, 11) is 1.70. The lowest BCUT2D eigenvalue weighted by molar-refractivity contribution is -0.137. The van der Waals surface area contributed by atoms with Crippen molar-refractivity contribution in [2.24, 2.45) is 5.92 Å². The molecule has 5 nitrogen and oxygen atoms in total. The van der Waals surface area contributed by atoms with E-state index in [1.807, 2.05) is 4.90 Å². The number of nitrogens with zero attached hydrogens (tertiary/aromatic N) is 1. The average Bonchev–Trinajstić information content (AvgIpc) is 2.38. The summed E-state index contributed by atoms with van der Waals surface area (Å²) in [6.07, 6.45) is 5.20. The first-order valence-corrected chi connectivity index (χ1v) is 7.12. The maximum atomic E-state index is 12.0. The summed E-state index contributed by atoms with van der Waals surface area (Å²) in [4.78, 5) is 24.3. The Hall–Kier alpha value is -1.10. The third kappa shape index (κ3) is 6.57. The standard InChI is InChI=1S/C14H25NO4/c1-19-11-12-6-5-9-15(10-12)13(16)7-3-2-4-8-14(17)18/h12H,2-11H2,1H3,(H,17,18). The molecule has 1 saturated heterocycles. The second kappa shape index (κ2) is 8.91. The summed E-state index contributed by atoms with van der Waals surface area (Å²) in [5.41, 5.74) is 0. The zero-order valence-corrected chi connectivity index (χ0v) is 11.8. The van der Waals surface area contributed by atoms with E-state index in [9.17, 15) is 9.59 Å². The molecule has 0 saturated carbocycles. The van der Waals surface area contributed by atoms with Gasteiger partial charge in [0.2, 0.25) is 5.91 Å². The van der Waals surface area contributed by atoms with Gasteiger partial charge in [-0.15, -0.1) is 0 Å². The number of likely N-dealkylation sites (tertiary alicyclic amines) is 1. The fourth-order valence-corrected chi connectivity index (χ4v) is 2.55. The zero-order chi connectivity index (χ0) is 14.1. The maximum absolute atomic E-state index is 12.0. The van der Waals surface area contributed by atoms with E-state index in [1.54, 1.807) is 7.11 Å². The van der Waals surface area contributed by atoms with Gasteiger partial charge >= 0.3 is 5.97 Å². The van der Waals surface area contributed by atoms with Gasteiger partial charge in [0, 0.05) is 33.0 Å². The van der Waals surface area contributed by atoms with Gasteiger partial charge in [0.1, 0.15) is 0 Å². The Morgan fingerprint density at radius 1 is 1.26 bits per heavy atom. The highest BCUT2D eigenvalue weighted by atomic mass is 16.5. The van der Waals surface area contributed by atoms with E-state index in [1.165, 1.54) is 0 Å². The largest absolute Gasteiger partial charge is 0.481 e. The summed E-state index contributed by atoms with van der Waals surface area (Å²) in [6, 6.07) is 0. The molecule has 0 aromatic carbocycles. The number of carbonyl (C=O) groups excluding carboxylic acids is 1. The van der Waals surface area contributed by atoms with Crippen molar-refractivity contribution in [1.82, 2.24) is 4.90 Å². The normalized spacial score (nSPS) is 19.4. The molecule has 1 heterocycles. The molecule has 0 aromatic rings. The summed E-state index contributed by atoms with van der Waals surface area (Å²) >= 11 is 0. The van der Waals surface area contributed by atoms with Gasteiger partial charge in [-0.3, -0.25) is 9.59 Å². The molecule has 1 aliphatic heterocycles. The van der Waals surface area contributed by atoms with Crippen molar-refractivity contribution >= 4 is 11.9 Å². The average molecular weight is 271 g/mol. The Labute approximate surface area is 114 Å². The van der Waals surface area contributed by atoms with Crippen molar-refractivity contribution in [3.8, 4) is 0 Å². The summed E-state index contributed by atoms with van der Waals surface area (Å²) < 4.78 is 5.15. The van der Waals surface area contributed by atoms with Gasteiger partial charge in [0.05, 0.1) is 6.61 Å². The SMILES string of the molecule is COCC1CCCN(C(=O)CCCCCC(=O)O)C1. The topological polar surface area (TPSA) is 66.8 Å². The van der Waals surface area contributed by atoms with Crippen LogP contribution in [0.4, 0.5) is 0 Å². The Bertz CT molecular complexity index is 291. The first-order chi connectivity index (χ1) is 9.13. The number of carbonyl (C=O) groups is 2. The number of rotatable bonds is 8. The van der Waals surface area contributed by atoms with E-state index in [0.29, 0.717) is 18.8 Å². The van der Waals surface area contributed by atoms with Crippen LogP contribution in [0.25, 0.3) is 0 Å². The van der Waals surface area contributed by atoms with E-state index in [2.05, 4.69) is 0 Å². The second-order valence-electron chi connectivity index (χ2n) is 5.26. The summed E-state index contributed by atoms with van der Waals surface area (Å²) in [5.74, 6) is -0.0874. The number of hydrogen-bond acceptors (Lipinski definition) is 3. The number of amides is 1. The molecule has 1 aliphatic rings. The Morgan fingerprint density at radius 2 is 2.00 bits per heavy atom. The number of piperidine rings is 1. The molecule has 0 aromatic heterocycles. The van der Waals surface area contributed by atoms with Gasteiger partial charge < -0.3 is 14.7 Å². The first-order valence-electron chi connectivity index (χ1n) is 7.12. The molecule has 110 valence electrons. The fraction of sp³-hybridized carbons (Fsp3) is 0.857. The molecule has 0 spiro atoms. The molecule has 5 heteroatoms. The van der Waals surface area contributed by atoms with Crippen LogP contribution in [0.1, 0.15) is 44.9 Å². The second-order valence-corrected chi connectivity index (χ2v) is 5.26. The number of carboxylic acids is 1. The van der Waals surface area contributed by atoms with E-state index in [-0.39, 0.29) is 12.3 Å². The number of unbranched alkanes of at least 4 members (excludes halogenated alkanes) is 2. The maximum Gasteiger partial charge on any atom is 0.303 e. The van der Waals surface area contributed by atoms with Gasteiger partial charge in [-0.05, 0) is 31.6 Å². The minimum absolute atomic E-state index is 0.202. The molecular weight excluding hydrogens is 246 g/mol. The van der Waals surface area contributed by atoms with Crippen LogP contribution in [0.2, 0.25) is 0 Å². The van der Waals surface area contributed by atoms with Crippen LogP contribution < -0.4 is 0 Å². The van der Waals surface area contributed by atoms with Crippen molar-refractivity contribution in [3.05, 3.63) is 0 Å². The molecule has 1 unspecified atom stereocenters. The molecule has 1 N–H and O–H groups in total. The number of methoxy groups -OCH3 is 1. The highest BCUT2D eigenvalue weighted by Crippen LogP contribution is 2.18. The lowest BCUT2D eigenvalue weighted by Gasteiger charge is -2.32. The van der Waals surface area contributed by atoms with Crippen molar-refractivity contribution in [2.75, 3.05) is 26.8 Å². The van der Waals surface area contributed by atoms with Crippen molar-refractivity contribution in [3.63, 3.8) is 0 Å². The predicted molar refractivity (Wildman–Crippen MR) is 71.9 cm³/mol. The van der Waals surface area contributed by atoms with Crippen LogP contribution in [-0.4, -0.2) is 48.7 Å². The van der Waals surface area contributed by atoms with E-state index in [0.717, 1.165) is 45.4 Å². The Morgan fingerprint density at radius 3 is 2.68 bits per heavy atom. The van der Waals surface area contributed by atoms with E-state index in [4.69, 9.17) is 9.84 Å². The van der Waals surface area contributed by atoms with Crippen LogP contribution >= 0.6 is 0 Å². The Kier molecular flexibility index (Phi) is 7.48. The van der Waals surface area contributed by atoms with Crippen LogP contribution in [0.15, 0.2) is 0 Å². The lowest BCUT2D eigenvalue weighted by atomic mass is 9.98. The third-order valence-corrected chi connectivity index (χ3v) is 3.56. The van der Waals surface area contributed by atoms with Crippen LogP contribution in [0.3, 0.4) is 0 Å². The lowest BCUT2D eigenvalue weighted by Crippen LogP contribution is -2.41.